The lowest BCUT2D eigenvalue weighted by molar-refractivity contribution is -0.130. The van der Waals surface area contributed by atoms with E-state index in [0.29, 0.717) is 11.5 Å². The Kier molecular flexibility index (Phi) is 6.55. The van der Waals surface area contributed by atoms with Gasteiger partial charge in [0.25, 0.3) is 0 Å². The molecule has 0 unspecified atom stereocenters. The van der Waals surface area contributed by atoms with Gasteiger partial charge in [0.2, 0.25) is 18.4 Å². The highest BCUT2D eigenvalue weighted by molar-refractivity contribution is 5.81. The first-order valence-corrected chi connectivity index (χ1v) is 11.3. The quantitative estimate of drug-likeness (QED) is 0.735. The fourth-order valence-electron chi connectivity index (χ4n) is 4.39. The largest absolute Gasteiger partial charge is 0.493 e. The molecule has 2 aromatic rings. The van der Waals surface area contributed by atoms with Gasteiger partial charge in [-0.3, -0.25) is 14.7 Å². The maximum atomic E-state index is 12.9. The molecule has 1 N–H and O–H groups in total. The first kappa shape index (κ1) is 22.4. The van der Waals surface area contributed by atoms with Crippen molar-refractivity contribution in [2.75, 3.05) is 27.0 Å². The standard InChI is InChI=1S/C25H33N3O4/c1-25(2,3)24(29)27-22(19-9-5-6-10-26-19)18-8-7-11-28(15-18)14-17-12-20(30-4)23-21(13-17)31-16-32-23/h5-6,9-10,12-13,18,22H,7-8,11,14-16H2,1-4H3,(H,27,29)/t18-,22+/m1/s1. The number of amides is 1. The molecule has 0 radical (unpaired) electrons. The molecule has 0 spiro atoms. The second kappa shape index (κ2) is 9.36. The molecule has 1 aromatic carbocycles. The van der Waals surface area contributed by atoms with Gasteiger partial charge >= 0.3 is 0 Å². The number of likely N-dealkylation sites (tertiary alicyclic amines) is 1. The van der Waals surface area contributed by atoms with E-state index >= 15 is 0 Å². The van der Waals surface area contributed by atoms with Gasteiger partial charge in [0.15, 0.2) is 11.5 Å². The molecule has 1 fully saturated rings. The number of carbonyl (C=O) groups is 1. The number of carbonyl (C=O) groups excluding carboxylic acids is 1. The topological polar surface area (TPSA) is 72.9 Å². The molecule has 1 aromatic heterocycles. The number of rotatable bonds is 6. The lowest BCUT2D eigenvalue weighted by atomic mass is 9.86. The van der Waals surface area contributed by atoms with E-state index in [4.69, 9.17) is 14.2 Å². The van der Waals surface area contributed by atoms with E-state index in [1.165, 1.54) is 0 Å². The van der Waals surface area contributed by atoms with Crippen LogP contribution in [0, 0.1) is 11.3 Å². The fourth-order valence-corrected chi connectivity index (χ4v) is 4.39. The zero-order valence-corrected chi connectivity index (χ0v) is 19.4. The van der Waals surface area contributed by atoms with Crippen LogP contribution in [0.5, 0.6) is 17.2 Å². The van der Waals surface area contributed by atoms with Crippen molar-refractivity contribution in [3.05, 3.63) is 47.8 Å². The van der Waals surface area contributed by atoms with Crippen LogP contribution < -0.4 is 19.5 Å². The van der Waals surface area contributed by atoms with Gasteiger partial charge in [-0.2, -0.15) is 0 Å². The van der Waals surface area contributed by atoms with E-state index in [2.05, 4.69) is 15.2 Å². The molecule has 4 rings (SSSR count). The molecule has 0 aliphatic carbocycles. The summed E-state index contributed by atoms with van der Waals surface area (Å²) < 4.78 is 16.6. The summed E-state index contributed by atoms with van der Waals surface area (Å²) in [5, 5.41) is 3.29. The summed E-state index contributed by atoms with van der Waals surface area (Å²) in [7, 11) is 1.65. The predicted octanol–water partition coefficient (Wildman–Crippen LogP) is 3.93. The zero-order valence-electron chi connectivity index (χ0n) is 19.4. The van der Waals surface area contributed by atoms with Gasteiger partial charge in [-0.25, -0.2) is 0 Å². The summed E-state index contributed by atoms with van der Waals surface area (Å²) in [5.41, 5.74) is 1.59. The number of hydrogen-bond donors (Lipinski definition) is 1. The van der Waals surface area contributed by atoms with Crippen LogP contribution in [0.3, 0.4) is 0 Å². The van der Waals surface area contributed by atoms with Crippen molar-refractivity contribution in [2.24, 2.45) is 11.3 Å². The molecule has 7 nitrogen and oxygen atoms in total. The smallest absolute Gasteiger partial charge is 0.231 e. The molecule has 32 heavy (non-hydrogen) atoms. The van der Waals surface area contributed by atoms with Gasteiger partial charge in [0, 0.05) is 24.7 Å². The maximum absolute atomic E-state index is 12.9. The first-order valence-electron chi connectivity index (χ1n) is 11.3. The predicted molar refractivity (Wildman–Crippen MR) is 122 cm³/mol. The minimum atomic E-state index is -0.454. The average Bonchev–Trinajstić information content (AvgIpc) is 3.25. The van der Waals surface area contributed by atoms with Gasteiger partial charge in [-0.1, -0.05) is 26.8 Å². The minimum Gasteiger partial charge on any atom is -0.493 e. The molecular weight excluding hydrogens is 406 g/mol. The van der Waals surface area contributed by atoms with Gasteiger partial charge in [-0.15, -0.1) is 0 Å². The molecule has 172 valence electrons. The second-order valence-corrected chi connectivity index (χ2v) is 9.63. The zero-order chi connectivity index (χ0) is 22.7. The molecule has 0 saturated carbocycles. The Balaban J connectivity index is 1.51. The number of pyridine rings is 1. The minimum absolute atomic E-state index is 0.0470. The van der Waals surface area contributed by atoms with Crippen molar-refractivity contribution in [3.8, 4) is 17.2 Å². The number of nitrogens with one attached hydrogen (secondary N) is 1. The highest BCUT2D eigenvalue weighted by Gasteiger charge is 2.33. The Morgan fingerprint density at radius 3 is 2.88 bits per heavy atom. The summed E-state index contributed by atoms with van der Waals surface area (Å²) >= 11 is 0. The van der Waals surface area contributed by atoms with E-state index in [1.54, 1.807) is 13.3 Å². The molecule has 3 heterocycles. The monoisotopic (exact) mass is 439 g/mol. The highest BCUT2D eigenvalue weighted by Crippen LogP contribution is 2.42. The maximum Gasteiger partial charge on any atom is 0.231 e. The van der Waals surface area contributed by atoms with Crippen LogP contribution in [0.1, 0.15) is 50.9 Å². The third kappa shape index (κ3) is 4.99. The number of aromatic nitrogens is 1. The molecule has 7 heteroatoms. The first-order chi connectivity index (χ1) is 15.3. The molecular formula is C25H33N3O4. The molecule has 2 aliphatic rings. The van der Waals surface area contributed by atoms with Crippen LogP contribution in [0.25, 0.3) is 0 Å². The summed E-state index contributed by atoms with van der Waals surface area (Å²) in [6, 6.07) is 9.84. The van der Waals surface area contributed by atoms with Crippen LogP contribution in [0.2, 0.25) is 0 Å². The number of benzene rings is 1. The summed E-state index contributed by atoms with van der Waals surface area (Å²) in [6.07, 6.45) is 3.92. The number of nitrogens with zero attached hydrogens (tertiary/aromatic N) is 2. The molecule has 1 amide bonds. The number of fused-ring (bicyclic) bond motifs is 1. The van der Waals surface area contributed by atoms with Crippen molar-refractivity contribution in [1.29, 1.82) is 0 Å². The lowest BCUT2D eigenvalue weighted by Gasteiger charge is -2.38. The molecule has 0 bridgehead atoms. The summed E-state index contributed by atoms with van der Waals surface area (Å²) in [5.74, 6) is 2.43. The fraction of sp³-hybridized carbons (Fsp3) is 0.520. The second-order valence-electron chi connectivity index (χ2n) is 9.63. The number of methoxy groups -OCH3 is 1. The summed E-state index contributed by atoms with van der Waals surface area (Å²) in [6.45, 7) is 8.72. The number of piperidine rings is 1. The number of ether oxygens (including phenoxy) is 3. The normalized spacial score (nSPS) is 19.4. The van der Waals surface area contributed by atoms with Crippen molar-refractivity contribution in [2.45, 2.75) is 46.2 Å². The van der Waals surface area contributed by atoms with Crippen molar-refractivity contribution in [1.82, 2.24) is 15.2 Å². The van der Waals surface area contributed by atoms with Crippen molar-refractivity contribution in [3.63, 3.8) is 0 Å². The third-order valence-corrected chi connectivity index (χ3v) is 6.11. The van der Waals surface area contributed by atoms with Crippen LogP contribution in [0.4, 0.5) is 0 Å². The van der Waals surface area contributed by atoms with Crippen molar-refractivity contribution < 1.29 is 19.0 Å². The van der Waals surface area contributed by atoms with Gasteiger partial charge < -0.3 is 19.5 Å². The number of hydrogen-bond acceptors (Lipinski definition) is 6. The average molecular weight is 440 g/mol. The Morgan fingerprint density at radius 1 is 1.31 bits per heavy atom. The third-order valence-electron chi connectivity index (χ3n) is 6.11. The van der Waals surface area contributed by atoms with E-state index in [-0.39, 0.29) is 24.7 Å². The Bertz CT molecular complexity index is 942. The van der Waals surface area contributed by atoms with E-state index in [0.717, 1.165) is 49.5 Å². The molecule has 2 atom stereocenters. The van der Waals surface area contributed by atoms with Crippen molar-refractivity contribution >= 4 is 5.91 Å². The molecule has 2 aliphatic heterocycles. The van der Waals surface area contributed by atoms with Gasteiger partial charge in [0.1, 0.15) is 0 Å². The van der Waals surface area contributed by atoms with Crippen LogP contribution >= 0.6 is 0 Å². The van der Waals surface area contributed by atoms with E-state index in [1.807, 2.05) is 51.1 Å². The summed E-state index contributed by atoms with van der Waals surface area (Å²) in [4.78, 5) is 19.9. The van der Waals surface area contributed by atoms with Gasteiger partial charge in [-0.05, 0) is 55.1 Å². The van der Waals surface area contributed by atoms with Crippen LogP contribution in [-0.4, -0.2) is 42.8 Å². The van der Waals surface area contributed by atoms with Gasteiger partial charge in [0.05, 0.1) is 18.8 Å². The Morgan fingerprint density at radius 2 is 2.16 bits per heavy atom. The van der Waals surface area contributed by atoms with E-state index < -0.39 is 5.41 Å². The van der Waals surface area contributed by atoms with Crippen LogP contribution in [-0.2, 0) is 11.3 Å². The highest BCUT2D eigenvalue weighted by atomic mass is 16.7. The Hall–Kier alpha value is -2.80. The van der Waals surface area contributed by atoms with Crippen LogP contribution in [0.15, 0.2) is 36.5 Å². The van der Waals surface area contributed by atoms with E-state index in [9.17, 15) is 4.79 Å². The Labute approximate surface area is 190 Å². The SMILES string of the molecule is COc1cc(CN2CCC[C@@H]([C@H](NC(=O)C(C)(C)C)c3ccccn3)C2)cc2c1OCO2. The molecule has 1 saturated heterocycles. The lowest BCUT2D eigenvalue weighted by Crippen LogP contribution is -2.45.